The van der Waals surface area contributed by atoms with Gasteiger partial charge >= 0.3 is 13.1 Å². The molecule has 0 N–H and O–H groups in total. The fourth-order valence-corrected chi connectivity index (χ4v) is 12.0. The Labute approximate surface area is 210 Å². The van der Waals surface area contributed by atoms with Crippen LogP contribution in [-0.2, 0) is 23.7 Å². The summed E-state index contributed by atoms with van der Waals surface area (Å²) >= 11 is 0. The van der Waals surface area contributed by atoms with Crippen LogP contribution in [0.2, 0.25) is 0 Å². The van der Waals surface area contributed by atoms with Crippen LogP contribution in [-0.4, -0.2) is 37.6 Å². The van der Waals surface area contributed by atoms with E-state index in [-0.39, 0.29) is 0 Å². The van der Waals surface area contributed by atoms with Crippen molar-refractivity contribution in [3.8, 4) is 0 Å². The quantitative estimate of drug-likeness (QED) is 0.201. The normalized spacial score (nSPS) is 12.5. The van der Waals surface area contributed by atoms with Gasteiger partial charge in [-0.25, -0.2) is 8.42 Å². The molecule has 0 saturated carbocycles. The van der Waals surface area contributed by atoms with E-state index in [4.69, 9.17) is 22.0 Å². The summed E-state index contributed by atoms with van der Waals surface area (Å²) in [7, 11) is -11.6. The van der Waals surface area contributed by atoms with Gasteiger partial charge in [0.15, 0.2) is 16.0 Å². The number of rotatable bonds is 9. The SMILES string of the molecule is CCOP(=O)(C[P+](c1ccccc1)(c1ccccc1)c1ccccc1)OCC.O=S(=O)([O-])C(F)(F)F. The first-order valence-electron chi connectivity index (χ1n) is 10.8. The summed E-state index contributed by atoms with van der Waals surface area (Å²) in [6.45, 7) is 4.43. The van der Waals surface area contributed by atoms with E-state index < -0.39 is 30.5 Å². The molecule has 0 aliphatic heterocycles. The Morgan fingerprint density at radius 2 is 1.03 bits per heavy atom. The van der Waals surface area contributed by atoms with Crippen molar-refractivity contribution in [2.24, 2.45) is 0 Å². The van der Waals surface area contributed by atoms with Crippen LogP contribution in [0.4, 0.5) is 13.2 Å². The lowest BCUT2D eigenvalue weighted by Gasteiger charge is -2.30. The largest absolute Gasteiger partial charge is 0.741 e. The molecule has 196 valence electrons. The molecule has 3 aromatic rings. The van der Waals surface area contributed by atoms with Gasteiger partial charge in [0.2, 0.25) is 0 Å². The molecule has 0 saturated heterocycles. The van der Waals surface area contributed by atoms with Gasteiger partial charge in [-0.15, -0.1) is 0 Å². The van der Waals surface area contributed by atoms with Crippen LogP contribution in [0.5, 0.6) is 0 Å². The van der Waals surface area contributed by atoms with E-state index in [1.807, 2.05) is 68.4 Å². The lowest BCUT2D eigenvalue weighted by atomic mass is 10.4. The molecule has 12 heteroatoms. The summed E-state index contributed by atoms with van der Waals surface area (Å²) in [6, 6.07) is 31.1. The molecule has 0 aromatic heterocycles. The van der Waals surface area contributed by atoms with Gasteiger partial charge in [-0.05, 0) is 50.2 Å². The maximum atomic E-state index is 13.7. The van der Waals surface area contributed by atoms with Crippen molar-refractivity contribution in [2.45, 2.75) is 19.4 Å². The number of hydrogen-bond acceptors (Lipinski definition) is 6. The maximum absolute atomic E-state index is 13.7. The predicted molar refractivity (Wildman–Crippen MR) is 137 cm³/mol. The number of hydrogen-bond donors (Lipinski definition) is 0. The molecule has 0 atom stereocenters. The summed E-state index contributed by atoms with van der Waals surface area (Å²) in [4.78, 5) is 0. The Kier molecular flexibility index (Phi) is 10.9. The van der Waals surface area contributed by atoms with Gasteiger partial charge in [0.1, 0.15) is 23.2 Å². The second kappa shape index (κ2) is 13.0. The molecule has 0 aliphatic carbocycles. The van der Waals surface area contributed by atoms with E-state index >= 15 is 0 Å². The minimum atomic E-state index is -6.09. The fourth-order valence-electron chi connectivity index (χ4n) is 3.51. The molecule has 0 aliphatic rings. The van der Waals surface area contributed by atoms with E-state index in [0.717, 1.165) is 0 Å². The molecule has 0 bridgehead atoms. The van der Waals surface area contributed by atoms with Crippen molar-refractivity contribution < 1.29 is 39.8 Å². The summed E-state index contributed by atoms with van der Waals surface area (Å²) < 4.78 is 84.1. The third kappa shape index (κ3) is 7.72. The molecule has 0 heterocycles. The highest BCUT2D eigenvalue weighted by molar-refractivity contribution is 8.00. The second-order valence-corrected chi connectivity index (χ2v) is 14.7. The molecule has 0 amide bonds. The average Bonchev–Trinajstić information content (AvgIpc) is 2.84. The van der Waals surface area contributed by atoms with Crippen molar-refractivity contribution in [1.82, 2.24) is 0 Å². The fraction of sp³-hybridized carbons (Fsp3) is 0.250. The predicted octanol–water partition coefficient (Wildman–Crippen LogP) is 5.26. The third-order valence-electron chi connectivity index (χ3n) is 4.91. The average molecular weight is 562 g/mol. The number of alkyl halides is 3. The third-order valence-corrected chi connectivity index (χ3v) is 13.4. The highest BCUT2D eigenvalue weighted by Gasteiger charge is 2.52. The van der Waals surface area contributed by atoms with E-state index in [1.54, 1.807) is 0 Å². The van der Waals surface area contributed by atoms with Crippen molar-refractivity contribution >= 4 is 40.9 Å². The standard InChI is InChI=1S/C23H27O3P2.CHF3O3S/c1-3-25-28(24,26-4-2)20-27(21-14-8-5-9-15-21,22-16-10-6-11-17-22)23-18-12-7-13-19-23;2-1(3,4)8(5,6)7/h5-19H,3-4,20H2,1-2H3;(H,5,6,7)/q+1;/p-1. The first-order chi connectivity index (χ1) is 16.9. The summed E-state index contributed by atoms with van der Waals surface area (Å²) in [6.07, 6.45) is 0. The van der Waals surface area contributed by atoms with Crippen LogP contribution >= 0.6 is 14.9 Å². The van der Waals surface area contributed by atoms with Crippen LogP contribution in [0.1, 0.15) is 13.8 Å². The zero-order valence-electron chi connectivity index (χ0n) is 19.7. The minimum Gasteiger partial charge on any atom is -0.741 e. The van der Waals surface area contributed by atoms with Crippen molar-refractivity contribution in [3.05, 3.63) is 91.0 Å². The molecule has 0 unspecified atom stereocenters. The summed E-state index contributed by atoms with van der Waals surface area (Å²) in [5.74, 6) is 0.347. The summed E-state index contributed by atoms with van der Waals surface area (Å²) in [5.41, 5.74) is -5.65. The van der Waals surface area contributed by atoms with Crippen molar-refractivity contribution in [1.29, 1.82) is 0 Å². The second-order valence-electron chi connectivity index (χ2n) is 7.30. The van der Waals surface area contributed by atoms with Gasteiger partial charge in [0.05, 0.1) is 13.2 Å². The van der Waals surface area contributed by atoms with Gasteiger partial charge < -0.3 is 13.6 Å². The van der Waals surface area contributed by atoms with Gasteiger partial charge in [0, 0.05) is 0 Å². The molecule has 0 radical (unpaired) electrons. The zero-order chi connectivity index (χ0) is 26.9. The Balaban J connectivity index is 0.000000493. The molecule has 6 nitrogen and oxygen atoms in total. The molecule has 0 spiro atoms. The maximum Gasteiger partial charge on any atom is 0.485 e. The Morgan fingerprint density at radius 1 is 0.750 bits per heavy atom. The molecule has 3 rings (SSSR count). The molecule has 3 aromatic carbocycles. The Bertz CT molecular complexity index is 1120. The first-order valence-corrected chi connectivity index (χ1v) is 16.0. The smallest absolute Gasteiger partial charge is 0.485 e. The van der Waals surface area contributed by atoms with Gasteiger partial charge in [-0.1, -0.05) is 54.6 Å². The van der Waals surface area contributed by atoms with Gasteiger partial charge in [0.25, 0.3) is 0 Å². The van der Waals surface area contributed by atoms with Crippen LogP contribution < -0.4 is 15.9 Å². The van der Waals surface area contributed by atoms with E-state index in [0.29, 0.717) is 19.1 Å². The van der Waals surface area contributed by atoms with E-state index in [9.17, 15) is 17.7 Å². The lowest BCUT2D eigenvalue weighted by Crippen LogP contribution is -2.33. The van der Waals surface area contributed by atoms with Crippen molar-refractivity contribution in [3.63, 3.8) is 0 Å². The van der Waals surface area contributed by atoms with Crippen LogP contribution in [0.25, 0.3) is 0 Å². The van der Waals surface area contributed by atoms with Crippen LogP contribution in [0.15, 0.2) is 91.0 Å². The monoisotopic (exact) mass is 562 g/mol. The highest BCUT2D eigenvalue weighted by Crippen LogP contribution is 2.67. The highest BCUT2D eigenvalue weighted by atomic mass is 32.2. The van der Waals surface area contributed by atoms with Gasteiger partial charge in [-0.2, -0.15) is 13.2 Å². The Morgan fingerprint density at radius 3 is 1.25 bits per heavy atom. The molecular formula is C24H27F3O6P2S. The molecular weight excluding hydrogens is 535 g/mol. The summed E-state index contributed by atoms with van der Waals surface area (Å²) in [5, 5.41) is 3.52. The van der Waals surface area contributed by atoms with Crippen LogP contribution in [0.3, 0.4) is 0 Å². The van der Waals surface area contributed by atoms with Crippen molar-refractivity contribution in [2.75, 3.05) is 19.1 Å². The van der Waals surface area contributed by atoms with E-state index in [1.165, 1.54) is 15.9 Å². The van der Waals surface area contributed by atoms with E-state index in [2.05, 4.69) is 36.4 Å². The topological polar surface area (TPSA) is 92.7 Å². The molecule has 0 fully saturated rings. The van der Waals surface area contributed by atoms with Gasteiger partial charge in [-0.3, -0.25) is 4.57 Å². The first kappa shape index (κ1) is 30.2. The zero-order valence-corrected chi connectivity index (χ0v) is 22.3. The Hall–Kier alpha value is -2.06. The van der Waals surface area contributed by atoms with Crippen LogP contribution in [0, 0.1) is 0 Å². The minimum absolute atomic E-state index is 0.347. The number of benzene rings is 3. The lowest BCUT2D eigenvalue weighted by molar-refractivity contribution is -0.0517. The number of halogens is 3. The molecule has 36 heavy (non-hydrogen) atoms.